The van der Waals surface area contributed by atoms with Crippen molar-refractivity contribution in [3.8, 4) is 5.75 Å². The summed E-state index contributed by atoms with van der Waals surface area (Å²) >= 11 is 0. The van der Waals surface area contributed by atoms with Crippen LogP contribution >= 0.6 is 0 Å². The first-order valence-corrected chi connectivity index (χ1v) is 7.77. The van der Waals surface area contributed by atoms with E-state index in [1.165, 1.54) is 0 Å². The van der Waals surface area contributed by atoms with E-state index in [1.807, 2.05) is 38.1 Å². The molecule has 1 amide bonds. The zero-order chi connectivity index (χ0) is 16.7. The van der Waals surface area contributed by atoms with Gasteiger partial charge in [-0.25, -0.2) is 0 Å². The highest BCUT2D eigenvalue weighted by molar-refractivity contribution is 6.04. The highest BCUT2D eigenvalue weighted by Gasteiger charge is 2.08. The standard InChI is InChI=1S/C19H21NO3/c1-3-4-5-18(21)23-17-12-8-15(9-13-17)19(22)20-16-10-6-14(2)7-11-16/h6-13H,3-5H2,1-2H3,(H,20,22). The van der Waals surface area contributed by atoms with Gasteiger partial charge in [-0.2, -0.15) is 0 Å². The number of esters is 1. The van der Waals surface area contributed by atoms with Gasteiger partial charge in [0, 0.05) is 17.7 Å². The van der Waals surface area contributed by atoms with Crippen molar-refractivity contribution in [2.24, 2.45) is 0 Å². The third kappa shape index (κ3) is 5.25. The molecular formula is C19H21NO3. The Morgan fingerprint density at radius 1 is 1.00 bits per heavy atom. The maximum Gasteiger partial charge on any atom is 0.311 e. The molecular weight excluding hydrogens is 290 g/mol. The number of anilines is 1. The van der Waals surface area contributed by atoms with Crippen LogP contribution in [0.3, 0.4) is 0 Å². The molecule has 2 rings (SSSR count). The van der Waals surface area contributed by atoms with Crippen molar-refractivity contribution >= 4 is 17.6 Å². The molecule has 0 atom stereocenters. The Morgan fingerprint density at radius 3 is 2.26 bits per heavy atom. The molecule has 0 aromatic heterocycles. The van der Waals surface area contributed by atoms with Crippen LogP contribution in [0.1, 0.15) is 42.1 Å². The number of unbranched alkanes of at least 4 members (excludes halogenated alkanes) is 1. The van der Waals surface area contributed by atoms with E-state index in [0.29, 0.717) is 17.7 Å². The van der Waals surface area contributed by atoms with Crippen molar-refractivity contribution in [1.82, 2.24) is 0 Å². The summed E-state index contributed by atoms with van der Waals surface area (Å²) in [5.41, 5.74) is 2.40. The fourth-order valence-corrected chi connectivity index (χ4v) is 2.02. The lowest BCUT2D eigenvalue weighted by Gasteiger charge is -2.07. The SMILES string of the molecule is CCCCC(=O)Oc1ccc(C(=O)Nc2ccc(C)cc2)cc1. The minimum absolute atomic E-state index is 0.197. The Morgan fingerprint density at radius 2 is 1.65 bits per heavy atom. The van der Waals surface area contributed by atoms with Crippen LogP contribution in [0.5, 0.6) is 5.75 Å². The van der Waals surface area contributed by atoms with Crippen molar-refractivity contribution in [3.05, 3.63) is 59.7 Å². The molecule has 120 valence electrons. The highest BCUT2D eigenvalue weighted by atomic mass is 16.5. The quantitative estimate of drug-likeness (QED) is 0.637. The number of hydrogen-bond donors (Lipinski definition) is 1. The lowest BCUT2D eigenvalue weighted by Crippen LogP contribution is -2.12. The second kappa shape index (κ2) is 8.13. The van der Waals surface area contributed by atoms with E-state index in [2.05, 4.69) is 5.32 Å². The van der Waals surface area contributed by atoms with Gasteiger partial charge < -0.3 is 10.1 Å². The maximum absolute atomic E-state index is 12.2. The summed E-state index contributed by atoms with van der Waals surface area (Å²) in [6, 6.07) is 14.1. The molecule has 0 heterocycles. The van der Waals surface area contributed by atoms with Crippen molar-refractivity contribution in [3.63, 3.8) is 0 Å². The predicted molar refractivity (Wildman–Crippen MR) is 90.7 cm³/mol. The third-order valence-electron chi connectivity index (χ3n) is 3.39. The van der Waals surface area contributed by atoms with Gasteiger partial charge in [-0.3, -0.25) is 9.59 Å². The fraction of sp³-hybridized carbons (Fsp3) is 0.263. The molecule has 0 aliphatic heterocycles. The number of carbonyl (C=O) groups excluding carboxylic acids is 2. The summed E-state index contributed by atoms with van der Waals surface area (Å²) in [6.07, 6.45) is 2.18. The van der Waals surface area contributed by atoms with Gasteiger partial charge >= 0.3 is 5.97 Å². The second-order valence-corrected chi connectivity index (χ2v) is 5.42. The normalized spacial score (nSPS) is 10.2. The molecule has 4 nitrogen and oxygen atoms in total. The zero-order valence-corrected chi connectivity index (χ0v) is 13.5. The first-order chi connectivity index (χ1) is 11.1. The van der Waals surface area contributed by atoms with Gasteiger partial charge in [0.2, 0.25) is 0 Å². The lowest BCUT2D eigenvalue weighted by molar-refractivity contribution is -0.134. The Bertz CT molecular complexity index is 660. The van der Waals surface area contributed by atoms with E-state index in [1.54, 1.807) is 24.3 Å². The fourth-order valence-electron chi connectivity index (χ4n) is 2.02. The molecule has 0 fully saturated rings. The number of hydrogen-bond acceptors (Lipinski definition) is 3. The monoisotopic (exact) mass is 311 g/mol. The highest BCUT2D eigenvalue weighted by Crippen LogP contribution is 2.15. The average Bonchev–Trinajstić information content (AvgIpc) is 2.55. The van der Waals surface area contributed by atoms with E-state index >= 15 is 0 Å². The molecule has 0 aliphatic rings. The molecule has 2 aromatic rings. The van der Waals surface area contributed by atoms with Crippen molar-refractivity contribution in [2.75, 3.05) is 5.32 Å². The molecule has 0 unspecified atom stereocenters. The number of amides is 1. The Kier molecular flexibility index (Phi) is 5.92. The summed E-state index contributed by atoms with van der Waals surface area (Å²) in [5, 5.41) is 2.83. The van der Waals surface area contributed by atoms with E-state index in [-0.39, 0.29) is 11.9 Å². The van der Waals surface area contributed by atoms with E-state index in [9.17, 15) is 9.59 Å². The number of carbonyl (C=O) groups is 2. The van der Waals surface area contributed by atoms with Gasteiger partial charge in [-0.05, 0) is 49.7 Å². The van der Waals surface area contributed by atoms with Crippen molar-refractivity contribution in [1.29, 1.82) is 0 Å². The number of benzene rings is 2. The van der Waals surface area contributed by atoms with Gasteiger partial charge in [0.05, 0.1) is 0 Å². The third-order valence-corrected chi connectivity index (χ3v) is 3.39. The minimum atomic E-state index is -0.247. The molecule has 1 N–H and O–H groups in total. The van der Waals surface area contributed by atoms with Crippen LogP contribution in [0.25, 0.3) is 0 Å². The topological polar surface area (TPSA) is 55.4 Å². The van der Waals surface area contributed by atoms with Gasteiger partial charge in [-0.15, -0.1) is 0 Å². The van der Waals surface area contributed by atoms with Crippen LogP contribution < -0.4 is 10.1 Å². The van der Waals surface area contributed by atoms with E-state index in [0.717, 1.165) is 24.1 Å². The average molecular weight is 311 g/mol. The van der Waals surface area contributed by atoms with E-state index in [4.69, 9.17) is 4.74 Å². The lowest BCUT2D eigenvalue weighted by atomic mass is 10.2. The number of ether oxygens (including phenoxy) is 1. The number of nitrogens with one attached hydrogen (secondary N) is 1. The molecule has 0 bridgehead atoms. The minimum Gasteiger partial charge on any atom is -0.427 e. The summed E-state index contributed by atoms with van der Waals surface area (Å²) in [7, 11) is 0. The first kappa shape index (κ1) is 16.7. The van der Waals surface area contributed by atoms with Gasteiger partial charge in [0.25, 0.3) is 5.91 Å². The Hall–Kier alpha value is -2.62. The summed E-state index contributed by atoms with van der Waals surface area (Å²) < 4.78 is 5.21. The molecule has 23 heavy (non-hydrogen) atoms. The largest absolute Gasteiger partial charge is 0.427 e. The maximum atomic E-state index is 12.2. The molecule has 0 aliphatic carbocycles. The summed E-state index contributed by atoms with van der Waals surface area (Å²) in [6.45, 7) is 4.01. The molecule has 0 saturated heterocycles. The van der Waals surface area contributed by atoms with Crippen LogP contribution in [0.2, 0.25) is 0 Å². The second-order valence-electron chi connectivity index (χ2n) is 5.42. The zero-order valence-electron chi connectivity index (χ0n) is 13.5. The van der Waals surface area contributed by atoms with Gasteiger partial charge in [-0.1, -0.05) is 31.0 Å². The van der Waals surface area contributed by atoms with Crippen molar-refractivity contribution in [2.45, 2.75) is 33.1 Å². The predicted octanol–water partition coefficient (Wildman–Crippen LogP) is 4.34. The van der Waals surface area contributed by atoms with Crippen LogP contribution in [0.15, 0.2) is 48.5 Å². The van der Waals surface area contributed by atoms with Crippen LogP contribution in [-0.2, 0) is 4.79 Å². The molecule has 2 aromatic carbocycles. The number of aryl methyl sites for hydroxylation is 1. The Labute approximate surface area is 136 Å². The Balaban J connectivity index is 1.94. The van der Waals surface area contributed by atoms with Crippen LogP contribution in [-0.4, -0.2) is 11.9 Å². The van der Waals surface area contributed by atoms with Crippen molar-refractivity contribution < 1.29 is 14.3 Å². The molecule has 0 radical (unpaired) electrons. The molecule has 0 spiro atoms. The number of rotatable bonds is 6. The van der Waals surface area contributed by atoms with Gasteiger partial charge in [0.15, 0.2) is 0 Å². The molecule has 0 saturated carbocycles. The molecule has 4 heteroatoms. The van der Waals surface area contributed by atoms with E-state index < -0.39 is 0 Å². The summed E-state index contributed by atoms with van der Waals surface area (Å²) in [4.78, 5) is 23.7. The van der Waals surface area contributed by atoms with Crippen LogP contribution in [0.4, 0.5) is 5.69 Å². The van der Waals surface area contributed by atoms with Gasteiger partial charge in [0.1, 0.15) is 5.75 Å². The smallest absolute Gasteiger partial charge is 0.311 e. The van der Waals surface area contributed by atoms with Crippen LogP contribution in [0, 0.1) is 6.92 Å². The summed E-state index contributed by atoms with van der Waals surface area (Å²) in [5.74, 6) is 0.0133. The first-order valence-electron chi connectivity index (χ1n) is 7.77.